The van der Waals surface area contributed by atoms with E-state index in [1.54, 1.807) is 43.3 Å². The number of benzene rings is 4. The minimum absolute atomic E-state index is 0.0579. The number of aliphatic carboxylic acids is 2. The van der Waals surface area contributed by atoms with Crippen LogP contribution in [0.25, 0.3) is 0 Å². The highest BCUT2D eigenvalue weighted by Gasteiger charge is 2.49. The standard InChI is InChI=1S/C66H83N7O16/c1-37(2)48(32-39(4)61(82)83)72(11)60(81)58(65(5,6)7)71-59(80)57(67-10)66(8,9)44-22-18-23-45(34-44)69-64(86)87-36-40-31-38(3)55(88-63-54(79)52(77)53(78)56(89-63)62(84)85)46(33-40)70-50(75)29-30-68-49(74)25-16-17-26-51(76)73-35-43-21-13-12-19-41(43)27-28-42-20-14-15-24-47(42)73/h12-15,18-24,31-34,37,48,52-54,56-58,63,67,77-79H,16-17,25-26,29-30,35-36H2,1-11H3,(H,68,74)(H,69,86)(H,70,75)(H,71,80)(H,82,83)(H,84,85)/b39-32+/t48-,52?,53?,54?,56?,57-,58-,63?/m1/s1. The number of nitrogens with zero attached hydrogens (tertiary/aromatic N) is 2. The second-order valence-corrected chi connectivity index (χ2v) is 24.3. The molecule has 0 bridgehead atoms. The number of fused-ring (bicyclic) bond motifs is 2. The maximum absolute atomic E-state index is 14.3. The van der Waals surface area contributed by atoms with Crippen LogP contribution in [0.4, 0.5) is 21.9 Å². The summed E-state index contributed by atoms with van der Waals surface area (Å²) in [5.74, 6) is 1.33. The molecule has 8 atom stereocenters. The van der Waals surface area contributed by atoms with Crippen LogP contribution in [0.1, 0.15) is 121 Å². The van der Waals surface area contributed by atoms with Gasteiger partial charge in [-0.15, -0.1) is 0 Å². The molecule has 0 aliphatic carbocycles. The van der Waals surface area contributed by atoms with Crippen molar-refractivity contribution in [3.63, 3.8) is 0 Å². The highest BCUT2D eigenvalue weighted by Crippen LogP contribution is 2.36. The summed E-state index contributed by atoms with van der Waals surface area (Å²) >= 11 is 0. The van der Waals surface area contributed by atoms with Gasteiger partial charge in [-0.1, -0.05) is 109 Å². The SMILES string of the molecule is CN[C@H](C(=O)N[C@H](C(=O)N(C)[C@H](/C=C(\C)C(=O)O)C(C)C)C(C)(C)C)C(C)(C)c1cccc(NC(=O)OCc2cc(C)c(OC3OC(C(=O)O)C(O)C(O)C3O)c(NC(=O)CCNC(=O)CCCCC(=O)N3Cc4ccccc4C#Cc4ccccc43)c2)c1. The molecule has 6 rings (SSSR count). The molecule has 0 radical (unpaired) electrons. The molecule has 23 heteroatoms. The molecule has 1 saturated heterocycles. The maximum atomic E-state index is 14.3. The van der Waals surface area contributed by atoms with Gasteiger partial charge < -0.3 is 70.8 Å². The Labute approximate surface area is 518 Å². The molecule has 4 aromatic rings. The maximum Gasteiger partial charge on any atom is 0.411 e. The third-order valence-electron chi connectivity index (χ3n) is 15.7. The van der Waals surface area contributed by atoms with Crippen molar-refractivity contribution in [2.24, 2.45) is 11.3 Å². The predicted octanol–water partition coefficient (Wildman–Crippen LogP) is 5.88. The van der Waals surface area contributed by atoms with Crippen molar-refractivity contribution >= 4 is 64.6 Å². The molecule has 23 nitrogen and oxygen atoms in total. The molecule has 2 aliphatic heterocycles. The van der Waals surface area contributed by atoms with Crippen molar-refractivity contribution in [1.29, 1.82) is 0 Å². The van der Waals surface area contributed by atoms with Gasteiger partial charge in [0.25, 0.3) is 0 Å². The van der Waals surface area contributed by atoms with E-state index in [0.29, 0.717) is 41.9 Å². The van der Waals surface area contributed by atoms with E-state index < -0.39 is 95.4 Å². The number of carbonyl (C=O) groups excluding carboxylic acids is 6. The molecule has 2 heterocycles. The number of hydrogen-bond acceptors (Lipinski definition) is 15. The van der Waals surface area contributed by atoms with Gasteiger partial charge in [0, 0.05) is 60.7 Å². The zero-order valence-electron chi connectivity index (χ0n) is 52.1. The summed E-state index contributed by atoms with van der Waals surface area (Å²) in [7, 11) is 3.19. The molecule has 0 saturated carbocycles. The van der Waals surface area contributed by atoms with Crippen LogP contribution in [0.2, 0.25) is 0 Å². The van der Waals surface area contributed by atoms with Crippen molar-refractivity contribution in [1.82, 2.24) is 20.9 Å². The fourth-order valence-corrected chi connectivity index (χ4v) is 10.6. The second kappa shape index (κ2) is 30.5. The van der Waals surface area contributed by atoms with Crippen LogP contribution in [0, 0.1) is 30.1 Å². The van der Waals surface area contributed by atoms with E-state index in [1.165, 1.54) is 37.0 Å². The lowest BCUT2D eigenvalue weighted by molar-refractivity contribution is -0.271. The first-order valence-corrected chi connectivity index (χ1v) is 29.4. The number of amides is 6. The van der Waals surface area contributed by atoms with Crippen LogP contribution in [-0.4, -0.2) is 147 Å². The molecule has 478 valence electrons. The van der Waals surface area contributed by atoms with E-state index in [0.717, 1.165) is 16.7 Å². The number of carbonyl (C=O) groups is 8. The molecule has 5 unspecified atom stereocenters. The lowest BCUT2D eigenvalue weighted by Crippen LogP contribution is -2.61. The topological polar surface area (TPSA) is 332 Å². The number of likely N-dealkylation sites (N-methyl/N-ethyl adjacent to an activating group) is 2. The number of carboxylic acid groups (broad SMARTS) is 2. The van der Waals surface area contributed by atoms with Crippen LogP contribution in [0.3, 0.4) is 0 Å². The highest BCUT2D eigenvalue weighted by molar-refractivity contribution is 5.96. The van der Waals surface area contributed by atoms with E-state index in [4.69, 9.17) is 14.2 Å². The van der Waals surface area contributed by atoms with Gasteiger partial charge in [-0.3, -0.25) is 29.3 Å². The minimum atomic E-state index is -2.01. The van der Waals surface area contributed by atoms with Gasteiger partial charge in [-0.05, 0) is 110 Å². The zero-order chi connectivity index (χ0) is 65.7. The van der Waals surface area contributed by atoms with E-state index >= 15 is 0 Å². The lowest BCUT2D eigenvalue weighted by Gasteiger charge is -2.40. The first-order chi connectivity index (χ1) is 41.9. The molecule has 1 fully saturated rings. The third-order valence-corrected chi connectivity index (χ3v) is 15.7. The lowest BCUT2D eigenvalue weighted by atomic mass is 9.76. The Bertz CT molecular complexity index is 3360. The first kappa shape index (κ1) is 69.4. The van der Waals surface area contributed by atoms with Gasteiger partial charge in [0.05, 0.1) is 30.0 Å². The smallest absolute Gasteiger partial charge is 0.411 e. The van der Waals surface area contributed by atoms with Gasteiger partial charge in [-0.25, -0.2) is 14.4 Å². The molecular weight excluding hydrogens is 1150 g/mol. The molecule has 0 aromatic heterocycles. The second-order valence-electron chi connectivity index (χ2n) is 24.3. The van der Waals surface area contributed by atoms with E-state index in [-0.39, 0.29) is 72.7 Å². The average Bonchev–Trinajstić information content (AvgIpc) is 2.01. The van der Waals surface area contributed by atoms with Gasteiger partial charge in [0.15, 0.2) is 6.10 Å². The molecule has 2 aliphatic rings. The van der Waals surface area contributed by atoms with E-state index in [2.05, 4.69) is 38.4 Å². The van der Waals surface area contributed by atoms with Crippen molar-refractivity contribution in [3.05, 3.63) is 130 Å². The monoisotopic (exact) mass is 1230 g/mol. The van der Waals surface area contributed by atoms with E-state index in [1.807, 2.05) is 97.0 Å². The van der Waals surface area contributed by atoms with Crippen LogP contribution >= 0.6 is 0 Å². The number of aliphatic hydroxyl groups is 3. The Morgan fingerprint density at radius 2 is 1.46 bits per heavy atom. The minimum Gasteiger partial charge on any atom is -0.479 e. The summed E-state index contributed by atoms with van der Waals surface area (Å²) in [5, 5.41) is 65.1. The summed E-state index contributed by atoms with van der Waals surface area (Å²) in [6.45, 7) is 15.7. The molecule has 4 aromatic carbocycles. The average molecular weight is 1230 g/mol. The third kappa shape index (κ3) is 18.0. The normalized spacial score (nSPS) is 18.4. The van der Waals surface area contributed by atoms with E-state index in [9.17, 15) is 63.9 Å². The molecule has 0 spiro atoms. The number of aliphatic hydroxyl groups excluding tert-OH is 3. The van der Waals surface area contributed by atoms with Crippen molar-refractivity contribution in [3.8, 4) is 17.6 Å². The molecule has 6 amide bonds. The summed E-state index contributed by atoms with van der Waals surface area (Å²) in [5.41, 5.74) is 2.95. The van der Waals surface area contributed by atoms with Crippen LogP contribution in [-0.2, 0) is 61.6 Å². The molecule has 89 heavy (non-hydrogen) atoms. The number of aryl methyl sites for hydroxylation is 1. The number of hydrogen-bond donors (Lipinski definition) is 10. The summed E-state index contributed by atoms with van der Waals surface area (Å²) < 4.78 is 17.0. The number of nitrogens with one attached hydrogen (secondary N) is 5. The molecule has 10 N–H and O–H groups in total. The number of rotatable bonds is 25. The van der Waals surface area contributed by atoms with Crippen molar-refractivity contribution < 1.29 is 78.1 Å². The van der Waals surface area contributed by atoms with Crippen molar-refractivity contribution in [2.75, 3.05) is 36.2 Å². The zero-order valence-corrected chi connectivity index (χ0v) is 52.1. The van der Waals surface area contributed by atoms with Crippen molar-refractivity contribution in [2.45, 2.75) is 162 Å². The fraction of sp³-hybridized carbons (Fsp3) is 0.455. The largest absolute Gasteiger partial charge is 0.479 e. The van der Waals surface area contributed by atoms with Crippen LogP contribution < -0.4 is 36.2 Å². The Balaban J connectivity index is 1.09. The van der Waals surface area contributed by atoms with Crippen LogP contribution in [0.5, 0.6) is 5.75 Å². The number of carboxylic acids is 2. The Morgan fingerprint density at radius 1 is 0.798 bits per heavy atom. The number of ether oxygens (including phenoxy) is 3. The Morgan fingerprint density at radius 3 is 2.12 bits per heavy atom. The van der Waals surface area contributed by atoms with Crippen LogP contribution in [0.15, 0.2) is 96.6 Å². The van der Waals surface area contributed by atoms with Gasteiger partial charge in [0.1, 0.15) is 36.7 Å². The highest BCUT2D eigenvalue weighted by atomic mass is 16.7. The van der Waals surface area contributed by atoms with Gasteiger partial charge in [0.2, 0.25) is 35.8 Å². The fourth-order valence-electron chi connectivity index (χ4n) is 10.6. The summed E-state index contributed by atoms with van der Waals surface area (Å²) in [4.78, 5) is 109. The summed E-state index contributed by atoms with van der Waals surface area (Å²) in [6, 6.07) is 22.2. The Kier molecular flexibility index (Phi) is 23.8. The molecular formula is C66H83N7O16. The van der Waals surface area contributed by atoms with Gasteiger partial charge in [-0.2, -0.15) is 0 Å². The number of para-hydroxylation sites is 1. The number of unbranched alkanes of at least 4 members (excludes halogenated alkanes) is 1. The van der Waals surface area contributed by atoms with Gasteiger partial charge >= 0.3 is 18.0 Å². The summed E-state index contributed by atoms with van der Waals surface area (Å²) in [6.07, 6.45) is -8.40. The first-order valence-electron chi connectivity index (χ1n) is 29.4. The quantitative estimate of drug-likeness (QED) is 0.0210. The number of anilines is 3. The Hall–Kier alpha value is -8.66. The predicted molar refractivity (Wildman–Crippen MR) is 331 cm³/mol.